The summed E-state index contributed by atoms with van der Waals surface area (Å²) in [5.41, 5.74) is 12.2. The summed E-state index contributed by atoms with van der Waals surface area (Å²) >= 11 is 3.57. The second-order valence-corrected chi connectivity index (χ2v) is 18.8. The lowest BCUT2D eigenvalue weighted by Crippen LogP contribution is -2.08. The molecule has 13 rings (SSSR count). The SMILES string of the molecule is N#Cc1c(-c2ccccc2)c(C#N)c(-n2c3c(ccc4c5ccccc5sc43)c3ccc4c5ccccc5sc4c32)c(-c2ccccc2)c1-c1cc(-c2ccncc2)cc(-c2ccncc2)c1. The summed E-state index contributed by atoms with van der Waals surface area (Å²) in [4.78, 5) is 8.71. The Labute approximate surface area is 393 Å². The zero-order chi connectivity index (χ0) is 44.6. The number of nitrogens with zero attached hydrogens (tertiary/aromatic N) is 5. The predicted molar refractivity (Wildman–Crippen MR) is 279 cm³/mol. The maximum Gasteiger partial charge on any atom is 0.102 e. The van der Waals surface area contributed by atoms with Crippen molar-refractivity contribution in [1.82, 2.24) is 14.5 Å². The summed E-state index contributed by atoms with van der Waals surface area (Å²) in [5.74, 6) is 0. The Morgan fingerprint density at radius 1 is 0.358 bits per heavy atom. The number of rotatable bonds is 6. The highest BCUT2D eigenvalue weighted by Crippen LogP contribution is 2.53. The first-order valence-corrected chi connectivity index (χ1v) is 23.6. The molecule has 0 aliphatic heterocycles. The summed E-state index contributed by atoms with van der Waals surface area (Å²) < 4.78 is 7.08. The molecule has 0 saturated carbocycles. The maximum absolute atomic E-state index is 12.0. The normalized spacial score (nSPS) is 11.6. The Balaban J connectivity index is 1.31. The topological polar surface area (TPSA) is 78.3 Å². The van der Waals surface area contributed by atoms with Gasteiger partial charge in [-0.3, -0.25) is 9.97 Å². The third kappa shape index (κ3) is 5.97. The molecule has 0 amide bonds. The molecule has 0 unspecified atom stereocenters. The van der Waals surface area contributed by atoms with Crippen LogP contribution in [0.3, 0.4) is 0 Å². The molecule has 0 aliphatic carbocycles. The van der Waals surface area contributed by atoms with E-state index in [1.54, 1.807) is 22.7 Å². The number of benzene rings is 8. The van der Waals surface area contributed by atoms with E-state index in [0.717, 1.165) is 97.7 Å². The average Bonchev–Trinajstić information content (AvgIpc) is 4.08. The summed E-state index contributed by atoms with van der Waals surface area (Å²) in [7, 11) is 0. The fourth-order valence-corrected chi connectivity index (χ4v) is 12.7. The number of hydrogen-bond acceptors (Lipinski definition) is 6. The van der Waals surface area contributed by atoms with E-state index in [1.807, 2.05) is 97.6 Å². The Kier molecular flexibility index (Phi) is 8.94. The lowest BCUT2D eigenvalue weighted by molar-refractivity contribution is 1.18. The van der Waals surface area contributed by atoms with Gasteiger partial charge in [0.15, 0.2) is 0 Å². The van der Waals surface area contributed by atoms with E-state index < -0.39 is 0 Å². The fourth-order valence-electron chi connectivity index (χ4n) is 10.2. The van der Waals surface area contributed by atoms with Gasteiger partial charge in [-0.25, -0.2) is 0 Å². The highest BCUT2D eigenvalue weighted by molar-refractivity contribution is 7.27. The van der Waals surface area contributed by atoms with E-state index in [9.17, 15) is 10.5 Å². The van der Waals surface area contributed by atoms with Crippen LogP contribution in [0, 0.1) is 22.7 Å². The van der Waals surface area contributed by atoms with Crippen LogP contribution in [0.2, 0.25) is 0 Å². The number of thiophene rings is 2. The van der Waals surface area contributed by atoms with Crippen molar-refractivity contribution in [3.05, 3.63) is 212 Å². The molecule has 7 heteroatoms. The molecule has 0 saturated heterocycles. The average molecular weight is 888 g/mol. The van der Waals surface area contributed by atoms with Crippen molar-refractivity contribution in [2.24, 2.45) is 0 Å². The van der Waals surface area contributed by atoms with E-state index in [-0.39, 0.29) is 0 Å². The molecule has 13 aromatic rings. The standard InChI is InChI=1S/C60H33N5S2/c61-34-49-53(38-11-3-1-4-12-38)50(35-62)56(55(39-13-5-2-6-14-39)54(49)42-32-40(36-23-27-63-28-24-36)31-41(33-42)37-25-29-64-30-26-37)65-57-45(19-21-47-43-15-7-9-17-51(43)66-59(47)57)46-20-22-48-44-16-8-10-18-52(44)67-60(48)58(46)65/h1-33H. The quantitative estimate of drug-likeness (QED) is 0.167. The highest BCUT2D eigenvalue weighted by atomic mass is 32.1. The molecule has 0 N–H and O–H groups in total. The van der Waals surface area contributed by atoms with Gasteiger partial charge in [-0.2, -0.15) is 10.5 Å². The van der Waals surface area contributed by atoms with E-state index in [1.165, 1.54) is 20.2 Å². The van der Waals surface area contributed by atoms with Crippen molar-refractivity contribution in [1.29, 1.82) is 10.5 Å². The van der Waals surface area contributed by atoms with Crippen LogP contribution in [0.15, 0.2) is 201 Å². The van der Waals surface area contributed by atoms with Gasteiger partial charge in [0.1, 0.15) is 12.1 Å². The van der Waals surface area contributed by atoms with Crippen LogP contribution in [0.4, 0.5) is 0 Å². The molecule has 0 atom stereocenters. The van der Waals surface area contributed by atoms with Gasteiger partial charge in [0.05, 0.1) is 37.2 Å². The second kappa shape index (κ2) is 15.5. The van der Waals surface area contributed by atoms with E-state index in [0.29, 0.717) is 16.7 Å². The minimum absolute atomic E-state index is 0.428. The zero-order valence-electron chi connectivity index (χ0n) is 35.6. The molecular formula is C60H33N5S2. The summed E-state index contributed by atoms with van der Waals surface area (Å²) in [5, 5.41) is 30.7. The summed E-state index contributed by atoms with van der Waals surface area (Å²) in [6.07, 6.45) is 7.24. The van der Waals surface area contributed by atoms with E-state index >= 15 is 0 Å². The predicted octanol–water partition coefficient (Wildman–Crippen LogP) is 16.4. The minimum Gasteiger partial charge on any atom is -0.304 e. The lowest BCUT2D eigenvalue weighted by Gasteiger charge is -2.25. The third-order valence-electron chi connectivity index (χ3n) is 13.1. The summed E-state index contributed by atoms with van der Waals surface area (Å²) in [6, 6.07) is 66.8. The Morgan fingerprint density at radius 3 is 1.28 bits per heavy atom. The molecule has 310 valence electrons. The molecule has 8 aromatic carbocycles. The number of nitriles is 2. The van der Waals surface area contributed by atoms with Crippen molar-refractivity contribution in [2.45, 2.75) is 0 Å². The third-order valence-corrected chi connectivity index (χ3v) is 15.5. The number of hydrogen-bond donors (Lipinski definition) is 0. The van der Waals surface area contributed by atoms with E-state index in [4.69, 9.17) is 0 Å². The van der Waals surface area contributed by atoms with Crippen molar-refractivity contribution < 1.29 is 0 Å². The minimum atomic E-state index is 0.428. The van der Waals surface area contributed by atoms with E-state index in [2.05, 4.69) is 130 Å². The fraction of sp³-hybridized carbons (Fsp3) is 0. The van der Waals surface area contributed by atoms with Gasteiger partial charge in [0, 0.05) is 83.2 Å². The van der Waals surface area contributed by atoms with Gasteiger partial charge in [-0.05, 0) is 93.5 Å². The lowest BCUT2D eigenvalue weighted by atomic mass is 9.80. The van der Waals surface area contributed by atoms with Crippen LogP contribution in [0.25, 0.3) is 123 Å². The van der Waals surface area contributed by atoms with Crippen LogP contribution >= 0.6 is 22.7 Å². The summed E-state index contributed by atoms with van der Waals surface area (Å²) in [6.45, 7) is 0. The number of pyridine rings is 2. The van der Waals surface area contributed by atoms with Crippen LogP contribution in [0.1, 0.15) is 11.1 Å². The van der Waals surface area contributed by atoms with Gasteiger partial charge in [0.25, 0.3) is 0 Å². The van der Waals surface area contributed by atoms with Crippen LogP contribution in [-0.2, 0) is 0 Å². The molecule has 5 aromatic heterocycles. The maximum atomic E-state index is 12.0. The molecule has 5 heterocycles. The van der Waals surface area contributed by atoms with Crippen molar-refractivity contribution in [3.8, 4) is 73.5 Å². The Bertz CT molecular complexity index is 4030. The molecule has 0 spiro atoms. The molecule has 0 bridgehead atoms. The second-order valence-electron chi connectivity index (χ2n) is 16.7. The van der Waals surface area contributed by atoms with Gasteiger partial charge >= 0.3 is 0 Å². The van der Waals surface area contributed by atoms with Crippen molar-refractivity contribution in [3.63, 3.8) is 0 Å². The number of fused-ring (bicyclic) bond motifs is 11. The first kappa shape index (κ1) is 38.7. The molecular weight excluding hydrogens is 855 g/mol. The van der Waals surface area contributed by atoms with Crippen molar-refractivity contribution >= 4 is 84.8 Å². The van der Waals surface area contributed by atoms with Gasteiger partial charge in [-0.1, -0.05) is 121 Å². The highest BCUT2D eigenvalue weighted by Gasteiger charge is 2.32. The van der Waals surface area contributed by atoms with Gasteiger partial charge in [0.2, 0.25) is 0 Å². The first-order chi connectivity index (χ1) is 33.2. The Morgan fingerprint density at radius 2 is 0.791 bits per heavy atom. The zero-order valence-corrected chi connectivity index (χ0v) is 37.2. The van der Waals surface area contributed by atoms with Gasteiger partial charge < -0.3 is 4.57 Å². The van der Waals surface area contributed by atoms with Gasteiger partial charge in [-0.15, -0.1) is 22.7 Å². The van der Waals surface area contributed by atoms with Crippen LogP contribution in [0.5, 0.6) is 0 Å². The van der Waals surface area contributed by atoms with Crippen molar-refractivity contribution in [2.75, 3.05) is 0 Å². The number of aromatic nitrogens is 3. The smallest absolute Gasteiger partial charge is 0.102 e. The molecule has 67 heavy (non-hydrogen) atoms. The first-order valence-electron chi connectivity index (χ1n) is 22.0. The largest absolute Gasteiger partial charge is 0.304 e. The Hall–Kier alpha value is -8.72. The molecule has 0 aliphatic rings. The van der Waals surface area contributed by atoms with Crippen LogP contribution < -0.4 is 0 Å². The molecule has 0 fully saturated rings. The van der Waals surface area contributed by atoms with Crippen LogP contribution in [-0.4, -0.2) is 14.5 Å². The monoisotopic (exact) mass is 887 g/mol. The molecule has 0 radical (unpaired) electrons. The molecule has 5 nitrogen and oxygen atoms in total.